The molecule has 0 aliphatic rings. The third-order valence-electron chi connectivity index (χ3n) is 3.10. The number of hydrogen-bond acceptors (Lipinski definition) is 4. The molecule has 5 heteroatoms. The molecule has 0 spiro atoms. The largest absolute Gasteiger partial charge is 0.396 e. The van der Waals surface area contributed by atoms with E-state index in [2.05, 4.69) is 17.2 Å². The van der Waals surface area contributed by atoms with Gasteiger partial charge >= 0.3 is 0 Å². The highest BCUT2D eigenvalue weighted by molar-refractivity contribution is 5.91. The second-order valence-corrected chi connectivity index (χ2v) is 4.51. The number of nitrogens with zero attached hydrogens (tertiary/aromatic N) is 1. The Balaban J connectivity index is 2.28. The summed E-state index contributed by atoms with van der Waals surface area (Å²) in [7, 11) is 0. The summed E-state index contributed by atoms with van der Waals surface area (Å²) < 4.78 is 0. The fourth-order valence-electron chi connectivity index (χ4n) is 1.99. The Labute approximate surface area is 118 Å². The van der Waals surface area contributed by atoms with E-state index >= 15 is 0 Å². The lowest BCUT2D eigenvalue weighted by Crippen LogP contribution is -2.17. The number of benzene rings is 1. The number of anilines is 2. The molecule has 0 aliphatic carbocycles. The van der Waals surface area contributed by atoms with Gasteiger partial charge in [-0.2, -0.15) is 0 Å². The van der Waals surface area contributed by atoms with Gasteiger partial charge in [-0.1, -0.05) is 37.3 Å². The normalized spacial score (nSPS) is 11.8. The van der Waals surface area contributed by atoms with Crippen LogP contribution >= 0.6 is 0 Å². The van der Waals surface area contributed by atoms with E-state index in [1.165, 1.54) is 6.07 Å². The first-order valence-corrected chi connectivity index (χ1v) is 6.49. The fraction of sp³-hybridized carbons (Fsp3) is 0.200. The number of pyridine rings is 1. The molecular weight excluding hydrogens is 252 g/mol. The molecule has 5 N–H and O–H groups in total. The van der Waals surface area contributed by atoms with Crippen LogP contribution in [0.25, 0.3) is 0 Å². The van der Waals surface area contributed by atoms with Crippen molar-refractivity contribution in [3.63, 3.8) is 0 Å². The molecule has 1 unspecified atom stereocenters. The Bertz CT molecular complexity index is 598. The summed E-state index contributed by atoms with van der Waals surface area (Å²) in [5, 5.41) is 3.26. The predicted octanol–water partition coefficient (Wildman–Crippen LogP) is 2.33. The molecule has 1 aromatic carbocycles. The number of rotatable bonds is 5. The number of nitrogen functional groups attached to an aromatic ring is 1. The molecule has 0 bridgehead atoms. The van der Waals surface area contributed by atoms with Gasteiger partial charge in [-0.15, -0.1) is 0 Å². The van der Waals surface area contributed by atoms with E-state index in [9.17, 15) is 4.79 Å². The fourth-order valence-corrected chi connectivity index (χ4v) is 1.99. The summed E-state index contributed by atoms with van der Waals surface area (Å²) in [6.07, 6.45) is 0.867. The second-order valence-electron chi connectivity index (χ2n) is 4.51. The SMILES string of the molecule is CCC(Nc1nc(C(N)=O)ccc1N)c1ccccc1. The maximum Gasteiger partial charge on any atom is 0.267 e. The first-order chi connectivity index (χ1) is 9.61. The highest BCUT2D eigenvalue weighted by Crippen LogP contribution is 2.25. The molecular formula is C15H18N4O. The van der Waals surface area contributed by atoms with Gasteiger partial charge in [-0.3, -0.25) is 4.79 Å². The number of amides is 1. The van der Waals surface area contributed by atoms with Crippen LogP contribution in [0.15, 0.2) is 42.5 Å². The van der Waals surface area contributed by atoms with Gasteiger partial charge in [-0.05, 0) is 24.1 Å². The zero-order valence-corrected chi connectivity index (χ0v) is 11.3. The van der Waals surface area contributed by atoms with E-state index in [1.807, 2.05) is 30.3 Å². The van der Waals surface area contributed by atoms with Crippen LogP contribution in [0.1, 0.15) is 35.4 Å². The average molecular weight is 270 g/mol. The predicted molar refractivity (Wildman–Crippen MR) is 80.3 cm³/mol. The molecule has 0 saturated heterocycles. The Kier molecular flexibility index (Phi) is 4.20. The Morgan fingerprint density at radius 1 is 1.25 bits per heavy atom. The summed E-state index contributed by atoms with van der Waals surface area (Å²) in [5.74, 6) is -0.0854. The van der Waals surface area contributed by atoms with Crippen molar-refractivity contribution >= 4 is 17.4 Å². The number of nitrogens with one attached hydrogen (secondary N) is 1. The van der Waals surface area contributed by atoms with Crippen LogP contribution in [0.2, 0.25) is 0 Å². The van der Waals surface area contributed by atoms with Crippen LogP contribution in [-0.2, 0) is 0 Å². The van der Waals surface area contributed by atoms with Crippen LogP contribution in [0, 0.1) is 0 Å². The van der Waals surface area contributed by atoms with Crippen molar-refractivity contribution < 1.29 is 4.79 Å². The minimum atomic E-state index is -0.569. The first-order valence-electron chi connectivity index (χ1n) is 6.49. The quantitative estimate of drug-likeness (QED) is 0.777. The Morgan fingerprint density at radius 3 is 2.55 bits per heavy atom. The number of nitrogens with two attached hydrogens (primary N) is 2. The maximum atomic E-state index is 11.2. The Hall–Kier alpha value is -2.56. The smallest absolute Gasteiger partial charge is 0.267 e. The maximum absolute atomic E-state index is 11.2. The van der Waals surface area contributed by atoms with Gasteiger partial charge in [0.25, 0.3) is 5.91 Å². The molecule has 1 heterocycles. The van der Waals surface area contributed by atoms with Gasteiger partial charge in [0.05, 0.1) is 11.7 Å². The lowest BCUT2D eigenvalue weighted by Gasteiger charge is -2.19. The van der Waals surface area contributed by atoms with E-state index < -0.39 is 5.91 Å². The van der Waals surface area contributed by atoms with Crippen molar-refractivity contribution in [2.24, 2.45) is 5.73 Å². The molecule has 1 atom stereocenters. The van der Waals surface area contributed by atoms with Crippen molar-refractivity contribution in [3.05, 3.63) is 53.7 Å². The van der Waals surface area contributed by atoms with Gasteiger partial charge in [0.2, 0.25) is 0 Å². The van der Waals surface area contributed by atoms with Gasteiger partial charge in [-0.25, -0.2) is 4.98 Å². The molecule has 1 amide bonds. The molecule has 0 saturated carbocycles. The van der Waals surface area contributed by atoms with Crippen molar-refractivity contribution in [1.82, 2.24) is 4.98 Å². The van der Waals surface area contributed by atoms with Crippen LogP contribution < -0.4 is 16.8 Å². The molecule has 104 valence electrons. The van der Waals surface area contributed by atoms with Crippen molar-refractivity contribution in [2.45, 2.75) is 19.4 Å². The summed E-state index contributed by atoms with van der Waals surface area (Å²) in [6.45, 7) is 2.07. The third kappa shape index (κ3) is 3.06. The molecule has 5 nitrogen and oxygen atoms in total. The number of carbonyl (C=O) groups is 1. The van der Waals surface area contributed by atoms with Crippen molar-refractivity contribution in [1.29, 1.82) is 0 Å². The lowest BCUT2D eigenvalue weighted by atomic mass is 10.0. The van der Waals surface area contributed by atoms with E-state index in [4.69, 9.17) is 11.5 Å². The van der Waals surface area contributed by atoms with Crippen molar-refractivity contribution in [2.75, 3.05) is 11.1 Å². The molecule has 0 fully saturated rings. The molecule has 0 radical (unpaired) electrons. The monoisotopic (exact) mass is 270 g/mol. The van der Waals surface area contributed by atoms with E-state index in [0.717, 1.165) is 12.0 Å². The van der Waals surface area contributed by atoms with Crippen LogP contribution in [0.3, 0.4) is 0 Å². The first kappa shape index (κ1) is 13.9. The summed E-state index contributed by atoms with van der Waals surface area (Å²) in [4.78, 5) is 15.4. The molecule has 2 aromatic rings. The number of hydrogen-bond donors (Lipinski definition) is 3. The highest BCUT2D eigenvalue weighted by Gasteiger charge is 2.13. The zero-order chi connectivity index (χ0) is 14.5. The van der Waals surface area contributed by atoms with Crippen LogP contribution in [0.5, 0.6) is 0 Å². The second kappa shape index (κ2) is 6.06. The summed E-state index contributed by atoms with van der Waals surface area (Å²) >= 11 is 0. The average Bonchev–Trinajstić information content (AvgIpc) is 2.47. The van der Waals surface area contributed by atoms with E-state index in [0.29, 0.717) is 11.5 Å². The summed E-state index contributed by atoms with van der Waals surface area (Å²) in [5.41, 5.74) is 13.0. The topological polar surface area (TPSA) is 94.0 Å². The van der Waals surface area contributed by atoms with Crippen molar-refractivity contribution in [3.8, 4) is 0 Å². The lowest BCUT2D eigenvalue weighted by molar-refractivity contribution is 0.0995. The van der Waals surface area contributed by atoms with E-state index in [-0.39, 0.29) is 11.7 Å². The minimum Gasteiger partial charge on any atom is -0.396 e. The molecule has 0 aliphatic heterocycles. The van der Waals surface area contributed by atoms with Gasteiger partial charge in [0.1, 0.15) is 5.69 Å². The third-order valence-corrected chi connectivity index (χ3v) is 3.10. The minimum absolute atomic E-state index is 0.0779. The van der Waals surface area contributed by atoms with Gasteiger partial charge in [0.15, 0.2) is 5.82 Å². The Morgan fingerprint density at radius 2 is 1.95 bits per heavy atom. The van der Waals surface area contributed by atoms with E-state index in [1.54, 1.807) is 6.07 Å². The molecule has 20 heavy (non-hydrogen) atoms. The summed E-state index contributed by atoms with van der Waals surface area (Å²) in [6, 6.07) is 13.2. The van der Waals surface area contributed by atoms with Crippen LogP contribution in [0.4, 0.5) is 11.5 Å². The number of primary amides is 1. The standard InChI is InChI=1S/C15H18N4O/c1-2-12(10-6-4-3-5-7-10)18-15-11(16)8-9-13(19-15)14(17)20/h3-9,12H,2,16H2,1H3,(H2,17,20)(H,18,19). The zero-order valence-electron chi connectivity index (χ0n) is 11.3. The number of carbonyl (C=O) groups excluding carboxylic acids is 1. The van der Waals surface area contributed by atoms with Gasteiger partial charge in [0, 0.05) is 0 Å². The molecule has 2 rings (SSSR count). The van der Waals surface area contributed by atoms with Crippen LogP contribution in [-0.4, -0.2) is 10.9 Å². The highest BCUT2D eigenvalue weighted by atomic mass is 16.1. The van der Waals surface area contributed by atoms with Gasteiger partial charge < -0.3 is 16.8 Å². The number of aromatic nitrogens is 1. The molecule has 1 aromatic heterocycles.